The molecule has 0 aromatic carbocycles. The molecular weight excluding hydrogens is 380 g/mol. The van der Waals surface area contributed by atoms with E-state index in [4.69, 9.17) is 11.5 Å². The maximum Gasteiger partial charge on any atom is 0.252 e. The van der Waals surface area contributed by atoms with Gasteiger partial charge in [0.2, 0.25) is 5.91 Å². The molecule has 1 unspecified atom stereocenters. The van der Waals surface area contributed by atoms with Crippen LogP contribution in [0.3, 0.4) is 0 Å². The minimum atomic E-state index is -0.468. The number of hydrogen-bond acceptors (Lipinski definition) is 6. The van der Waals surface area contributed by atoms with Crippen molar-refractivity contribution in [2.75, 3.05) is 10.2 Å². The average molecular weight is 404 g/mol. The fourth-order valence-electron chi connectivity index (χ4n) is 5.10. The number of pyridine rings is 2. The van der Waals surface area contributed by atoms with Crippen molar-refractivity contribution in [2.45, 2.75) is 50.2 Å². The number of carbonyl (C=O) groups excluding carboxylic acids is 2. The van der Waals surface area contributed by atoms with Crippen LogP contribution in [0.4, 0.5) is 11.5 Å². The van der Waals surface area contributed by atoms with Gasteiger partial charge in [-0.2, -0.15) is 0 Å². The Morgan fingerprint density at radius 1 is 1.03 bits per heavy atom. The fourth-order valence-corrected chi connectivity index (χ4v) is 5.10. The van der Waals surface area contributed by atoms with Gasteiger partial charge in [-0.1, -0.05) is 12.2 Å². The standard InChI is InChI=1S/C22H24N6O2/c23-21(29)12-4-7-19(26-10-12)28-14-5-6-15(28)9-13(8-14)27-20-16-2-1-3-18(16)25-11-17(20)22(24)30/h1-2,4,7,10-11,13-15H,3,5-6,8-9H2,(H2,23,29)(H2,24,30)(H,25,27)/t13?,14-,15+. The highest BCUT2D eigenvalue weighted by Gasteiger charge is 2.41. The van der Waals surface area contributed by atoms with Crippen LogP contribution >= 0.6 is 0 Å². The van der Waals surface area contributed by atoms with Gasteiger partial charge in [0.05, 0.1) is 22.5 Å². The van der Waals surface area contributed by atoms with Crippen molar-refractivity contribution in [1.82, 2.24) is 9.97 Å². The normalized spacial score (nSPS) is 24.0. The highest BCUT2D eigenvalue weighted by atomic mass is 16.1. The molecule has 2 bridgehead atoms. The van der Waals surface area contributed by atoms with E-state index in [2.05, 4.69) is 26.3 Å². The number of fused-ring (bicyclic) bond motifs is 3. The number of nitrogens with one attached hydrogen (secondary N) is 1. The molecule has 1 aliphatic carbocycles. The number of allylic oxidation sites excluding steroid dienone is 1. The largest absolute Gasteiger partial charge is 0.381 e. The summed E-state index contributed by atoms with van der Waals surface area (Å²) in [5.74, 6) is -0.0483. The molecule has 154 valence electrons. The topological polar surface area (TPSA) is 127 Å². The molecule has 3 atom stereocenters. The van der Waals surface area contributed by atoms with E-state index in [1.165, 1.54) is 0 Å². The summed E-state index contributed by atoms with van der Waals surface area (Å²) >= 11 is 0. The summed E-state index contributed by atoms with van der Waals surface area (Å²) in [6.07, 6.45) is 12.1. The number of amides is 2. The highest BCUT2D eigenvalue weighted by molar-refractivity contribution is 6.00. The molecule has 8 heteroatoms. The Labute approximate surface area is 174 Å². The van der Waals surface area contributed by atoms with Crippen LogP contribution in [0.25, 0.3) is 6.08 Å². The molecule has 4 heterocycles. The lowest BCUT2D eigenvalue weighted by Crippen LogP contribution is -2.47. The number of nitrogens with two attached hydrogens (primary N) is 2. The molecule has 30 heavy (non-hydrogen) atoms. The lowest BCUT2D eigenvalue weighted by Gasteiger charge is -2.40. The molecular formula is C22H24N6O2. The van der Waals surface area contributed by atoms with Gasteiger partial charge >= 0.3 is 0 Å². The van der Waals surface area contributed by atoms with Gasteiger partial charge in [0, 0.05) is 42.5 Å². The van der Waals surface area contributed by atoms with Gasteiger partial charge in [-0.3, -0.25) is 14.6 Å². The number of piperidine rings is 1. The summed E-state index contributed by atoms with van der Waals surface area (Å²) < 4.78 is 0. The lowest BCUT2D eigenvalue weighted by atomic mass is 9.95. The first-order valence-corrected chi connectivity index (χ1v) is 10.3. The number of nitrogens with zero attached hydrogens (tertiary/aromatic N) is 3. The third-order valence-electron chi connectivity index (χ3n) is 6.44. The number of anilines is 2. The molecule has 8 nitrogen and oxygen atoms in total. The summed E-state index contributed by atoms with van der Waals surface area (Å²) in [6, 6.07) is 4.57. The molecule has 2 aromatic heterocycles. The van der Waals surface area contributed by atoms with Gasteiger partial charge in [-0.15, -0.1) is 0 Å². The van der Waals surface area contributed by atoms with Crippen LogP contribution in [0.15, 0.2) is 30.6 Å². The zero-order valence-corrected chi connectivity index (χ0v) is 16.5. The molecule has 0 spiro atoms. The number of hydrogen-bond donors (Lipinski definition) is 3. The van der Waals surface area contributed by atoms with Gasteiger partial charge in [0.15, 0.2) is 0 Å². The predicted octanol–water partition coefficient (Wildman–Crippen LogP) is 1.86. The minimum absolute atomic E-state index is 0.238. The van der Waals surface area contributed by atoms with E-state index in [1.807, 2.05) is 12.1 Å². The summed E-state index contributed by atoms with van der Waals surface area (Å²) in [7, 11) is 0. The van der Waals surface area contributed by atoms with Crippen molar-refractivity contribution in [1.29, 1.82) is 0 Å². The first kappa shape index (κ1) is 18.6. The van der Waals surface area contributed by atoms with Crippen LogP contribution in [0.5, 0.6) is 0 Å². The molecule has 5 rings (SSSR count). The van der Waals surface area contributed by atoms with Crippen LogP contribution in [0.2, 0.25) is 0 Å². The van der Waals surface area contributed by atoms with Gasteiger partial charge in [0.25, 0.3) is 5.91 Å². The van der Waals surface area contributed by atoms with E-state index in [1.54, 1.807) is 18.5 Å². The Bertz CT molecular complexity index is 1030. The van der Waals surface area contributed by atoms with Gasteiger partial charge in [-0.25, -0.2) is 4.98 Å². The molecule has 2 aliphatic heterocycles. The van der Waals surface area contributed by atoms with E-state index in [-0.39, 0.29) is 6.04 Å². The Kier molecular flexibility index (Phi) is 4.42. The predicted molar refractivity (Wildman–Crippen MR) is 114 cm³/mol. The molecule has 2 aromatic rings. The average Bonchev–Trinajstić information content (AvgIpc) is 3.31. The van der Waals surface area contributed by atoms with Crippen LogP contribution < -0.4 is 21.7 Å². The number of carbonyl (C=O) groups is 2. The van der Waals surface area contributed by atoms with E-state index < -0.39 is 11.8 Å². The van der Waals surface area contributed by atoms with Crippen LogP contribution in [-0.2, 0) is 6.42 Å². The fraction of sp³-hybridized carbons (Fsp3) is 0.364. The van der Waals surface area contributed by atoms with Gasteiger partial charge < -0.3 is 21.7 Å². The molecule has 2 amide bonds. The number of rotatable bonds is 5. The van der Waals surface area contributed by atoms with Crippen molar-refractivity contribution >= 4 is 29.4 Å². The molecule has 2 saturated heterocycles. The second kappa shape index (κ2) is 7.12. The lowest BCUT2D eigenvalue weighted by molar-refractivity contribution is 0.0992. The van der Waals surface area contributed by atoms with Crippen molar-refractivity contribution in [2.24, 2.45) is 11.5 Å². The van der Waals surface area contributed by atoms with Gasteiger partial charge in [-0.05, 0) is 37.8 Å². The zero-order chi connectivity index (χ0) is 20.8. The van der Waals surface area contributed by atoms with E-state index in [0.717, 1.165) is 54.9 Å². The molecule has 0 saturated carbocycles. The maximum absolute atomic E-state index is 12.0. The van der Waals surface area contributed by atoms with Crippen molar-refractivity contribution in [3.8, 4) is 0 Å². The quantitative estimate of drug-likeness (QED) is 0.698. The Morgan fingerprint density at radius 2 is 1.80 bits per heavy atom. The summed E-state index contributed by atoms with van der Waals surface area (Å²) in [5.41, 5.74) is 14.6. The summed E-state index contributed by atoms with van der Waals surface area (Å²) in [4.78, 5) is 34.6. The number of aromatic nitrogens is 2. The molecule has 5 N–H and O–H groups in total. The van der Waals surface area contributed by atoms with Crippen LogP contribution in [0.1, 0.15) is 57.7 Å². The van der Waals surface area contributed by atoms with E-state index >= 15 is 0 Å². The molecule has 0 radical (unpaired) electrons. The Hall–Kier alpha value is -3.42. The van der Waals surface area contributed by atoms with Crippen LogP contribution in [0, 0.1) is 0 Å². The van der Waals surface area contributed by atoms with Crippen molar-refractivity contribution in [3.63, 3.8) is 0 Å². The molecule has 2 fully saturated rings. The minimum Gasteiger partial charge on any atom is -0.381 e. The SMILES string of the molecule is NC(=O)c1ccc(N2[C@@H]3CC[C@H]2CC(Nc2c(C(N)=O)cnc4c2C=CC4)C3)nc1. The maximum atomic E-state index is 12.0. The van der Waals surface area contributed by atoms with Crippen LogP contribution in [-0.4, -0.2) is 39.9 Å². The molecule has 3 aliphatic rings. The second-order valence-corrected chi connectivity index (χ2v) is 8.25. The zero-order valence-electron chi connectivity index (χ0n) is 16.5. The first-order chi connectivity index (χ1) is 14.5. The highest BCUT2D eigenvalue weighted by Crippen LogP contribution is 2.40. The second-order valence-electron chi connectivity index (χ2n) is 8.25. The third kappa shape index (κ3) is 3.08. The van der Waals surface area contributed by atoms with Gasteiger partial charge in [0.1, 0.15) is 5.82 Å². The summed E-state index contributed by atoms with van der Waals surface area (Å²) in [6.45, 7) is 0. The van der Waals surface area contributed by atoms with Crippen molar-refractivity contribution < 1.29 is 9.59 Å². The Balaban J connectivity index is 1.37. The Morgan fingerprint density at radius 3 is 2.43 bits per heavy atom. The smallest absolute Gasteiger partial charge is 0.252 e. The van der Waals surface area contributed by atoms with E-state index in [9.17, 15) is 9.59 Å². The van der Waals surface area contributed by atoms with Crippen molar-refractivity contribution in [3.05, 3.63) is 53.0 Å². The monoisotopic (exact) mass is 404 g/mol. The first-order valence-electron chi connectivity index (χ1n) is 10.3. The number of primary amides is 2. The third-order valence-corrected chi connectivity index (χ3v) is 6.44. The summed E-state index contributed by atoms with van der Waals surface area (Å²) in [5, 5.41) is 3.63. The van der Waals surface area contributed by atoms with E-state index in [0.29, 0.717) is 23.2 Å².